The highest BCUT2D eigenvalue weighted by Gasteiger charge is 2.35. The minimum atomic E-state index is -2.13. The Balaban J connectivity index is 2.31. The van der Waals surface area contributed by atoms with Gasteiger partial charge in [-0.05, 0) is 15.6 Å². The van der Waals surface area contributed by atoms with Crippen LogP contribution in [-0.2, 0) is 0 Å². The maximum Gasteiger partial charge on any atom is 0.171 e. The molecule has 0 heterocycles. The standard InChI is InChI=1S/C20H18Si/c1-2-21(18-12-6-3-7-13-18,19-14-8-4-9-15-19)20-16-10-5-11-17-20/h2-17H,1H2. The second-order valence-electron chi connectivity index (χ2n) is 5.11. The Morgan fingerprint density at radius 1 is 0.524 bits per heavy atom. The maximum absolute atomic E-state index is 4.22. The van der Waals surface area contributed by atoms with E-state index in [1.807, 2.05) is 0 Å². The topological polar surface area (TPSA) is 0 Å². The normalized spacial score (nSPS) is 11.0. The highest BCUT2D eigenvalue weighted by atomic mass is 28.3. The van der Waals surface area contributed by atoms with E-state index in [0.29, 0.717) is 0 Å². The molecule has 0 N–H and O–H groups in total. The lowest BCUT2D eigenvalue weighted by molar-refractivity contribution is 1.68. The Hall–Kier alpha value is -2.38. The molecule has 0 radical (unpaired) electrons. The molecular weight excluding hydrogens is 268 g/mol. The van der Waals surface area contributed by atoms with Gasteiger partial charge in [0.1, 0.15) is 0 Å². The summed E-state index contributed by atoms with van der Waals surface area (Å²) in [5, 5.41) is 4.12. The fourth-order valence-electron chi connectivity index (χ4n) is 2.96. The van der Waals surface area contributed by atoms with Crippen LogP contribution < -0.4 is 15.6 Å². The molecule has 3 rings (SSSR count). The van der Waals surface area contributed by atoms with Crippen LogP contribution in [0, 0.1) is 0 Å². The number of rotatable bonds is 4. The van der Waals surface area contributed by atoms with E-state index in [2.05, 4.69) is 103 Å². The van der Waals surface area contributed by atoms with Crippen LogP contribution in [-0.4, -0.2) is 8.07 Å². The number of hydrogen-bond donors (Lipinski definition) is 0. The van der Waals surface area contributed by atoms with Gasteiger partial charge in [0.25, 0.3) is 0 Å². The molecule has 0 amide bonds. The fraction of sp³-hybridized carbons (Fsp3) is 0. The fourth-order valence-corrected chi connectivity index (χ4v) is 6.82. The lowest BCUT2D eigenvalue weighted by Gasteiger charge is -2.30. The molecule has 0 aromatic heterocycles. The van der Waals surface area contributed by atoms with Crippen LogP contribution in [0.1, 0.15) is 0 Å². The number of benzene rings is 3. The van der Waals surface area contributed by atoms with Crippen molar-refractivity contribution in [2.45, 2.75) is 0 Å². The molecule has 0 aliphatic carbocycles. The first-order valence-electron chi connectivity index (χ1n) is 7.18. The number of hydrogen-bond acceptors (Lipinski definition) is 0. The third-order valence-electron chi connectivity index (χ3n) is 3.99. The summed E-state index contributed by atoms with van der Waals surface area (Å²) in [5.41, 5.74) is 2.19. The van der Waals surface area contributed by atoms with Crippen molar-refractivity contribution in [2.24, 2.45) is 0 Å². The van der Waals surface area contributed by atoms with Crippen molar-refractivity contribution in [1.29, 1.82) is 0 Å². The van der Waals surface area contributed by atoms with E-state index in [1.165, 1.54) is 15.6 Å². The molecular formula is C20H18Si. The molecule has 3 aromatic rings. The lowest BCUT2D eigenvalue weighted by Crippen LogP contribution is -2.65. The molecule has 0 saturated heterocycles. The van der Waals surface area contributed by atoms with Gasteiger partial charge in [-0.2, -0.15) is 0 Å². The summed E-state index contributed by atoms with van der Waals surface area (Å²) in [5.74, 6) is 0. The second kappa shape index (κ2) is 5.94. The van der Waals surface area contributed by atoms with Gasteiger partial charge in [0.15, 0.2) is 8.07 Å². The monoisotopic (exact) mass is 286 g/mol. The summed E-state index contributed by atoms with van der Waals surface area (Å²) < 4.78 is 0. The molecule has 0 unspecified atom stereocenters. The second-order valence-corrected chi connectivity index (χ2v) is 8.87. The predicted molar refractivity (Wildman–Crippen MR) is 94.2 cm³/mol. The van der Waals surface area contributed by atoms with E-state index in [0.717, 1.165) is 0 Å². The average molecular weight is 286 g/mol. The van der Waals surface area contributed by atoms with Crippen LogP contribution in [0.25, 0.3) is 0 Å². The third-order valence-corrected chi connectivity index (χ3v) is 8.34. The van der Waals surface area contributed by atoms with Gasteiger partial charge in [-0.25, -0.2) is 0 Å². The van der Waals surface area contributed by atoms with E-state index >= 15 is 0 Å². The van der Waals surface area contributed by atoms with Gasteiger partial charge < -0.3 is 0 Å². The predicted octanol–water partition coefficient (Wildman–Crippen LogP) is 2.88. The average Bonchev–Trinajstić information content (AvgIpc) is 2.59. The van der Waals surface area contributed by atoms with Gasteiger partial charge in [0, 0.05) is 0 Å². The van der Waals surface area contributed by atoms with Crippen molar-refractivity contribution in [3.63, 3.8) is 0 Å². The van der Waals surface area contributed by atoms with Crippen molar-refractivity contribution >= 4 is 23.6 Å². The zero-order valence-electron chi connectivity index (χ0n) is 11.9. The highest BCUT2D eigenvalue weighted by molar-refractivity contribution is 7.14. The van der Waals surface area contributed by atoms with Crippen molar-refractivity contribution in [1.82, 2.24) is 0 Å². The first kappa shape index (κ1) is 13.6. The van der Waals surface area contributed by atoms with Gasteiger partial charge in [-0.15, -0.1) is 6.58 Å². The van der Waals surface area contributed by atoms with Gasteiger partial charge in [0.05, 0.1) is 0 Å². The van der Waals surface area contributed by atoms with Crippen LogP contribution in [0.15, 0.2) is 103 Å². The summed E-state index contributed by atoms with van der Waals surface area (Å²) in [6.07, 6.45) is 0. The van der Waals surface area contributed by atoms with Crippen molar-refractivity contribution in [2.75, 3.05) is 0 Å². The molecule has 0 saturated carbocycles. The lowest BCUT2D eigenvalue weighted by atomic mass is 10.3. The van der Waals surface area contributed by atoms with E-state index < -0.39 is 8.07 Å². The SMILES string of the molecule is C=C[Si](c1ccccc1)(c1ccccc1)c1ccccc1. The minimum Gasteiger partial charge on any atom is -0.106 e. The van der Waals surface area contributed by atoms with Crippen LogP contribution in [0.3, 0.4) is 0 Å². The largest absolute Gasteiger partial charge is 0.171 e. The molecule has 0 fully saturated rings. The van der Waals surface area contributed by atoms with Gasteiger partial charge >= 0.3 is 0 Å². The summed E-state index contributed by atoms with van der Waals surface area (Å²) in [6, 6.07) is 32.3. The van der Waals surface area contributed by atoms with Gasteiger partial charge in [-0.3, -0.25) is 0 Å². The molecule has 0 bridgehead atoms. The van der Waals surface area contributed by atoms with Crippen molar-refractivity contribution in [3.05, 3.63) is 103 Å². The Bertz CT molecular complexity index is 606. The van der Waals surface area contributed by atoms with Crippen LogP contribution in [0.2, 0.25) is 0 Å². The Morgan fingerprint density at radius 3 is 1.05 bits per heavy atom. The van der Waals surface area contributed by atoms with E-state index in [1.54, 1.807) is 0 Å². The van der Waals surface area contributed by atoms with Crippen molar-refractivity contribution in [3.8, 4) is 0 Å². The van der Waals surface area contributed by atoms with E-state index in [-0.39, 0.29) is 0 Å². The van der Waals surface area contributed by atoms with E-state index in [4.69, 9.17) is 0 Å². The molecule has 3 aromatic carbocycles. The quantitative estimate of drug-likeness (QED) is 0.511. The molecule has 0 spiro atoms. The highest BCUT2D eigenvalue weighted by Crippen LogP contribution is 2.08. The molecule has 0 aliphatic heterocycles. The molecule has 1 heteroatoms. The Kier molecular flexibility index (Phi) is 3.84. The maximum atomic E-state index is 4.22. The molecule has 0 aliphatic rings. The molecule has 0 nitrogen and oxygen atoms in total. The first-order valence-corrected chi connectivity index (χ1v) is 9.26. The molecule has 0 atom stereocenters. The van der Waals surface area contributed by atoms with E-state index in [9.17, 15) is 0 Å². The van der Waals surface area contributed by atoms with Crippen molar-refractivity contribution < 1.29 is 0 Å². The van der Waals surface area contributed by atoms with Gasteiger partial charge in [-0.1, -0.05) is 96.7 Å². The first-order chi connectivity index (χ1) is 10.4. The Labute approximate surface area is 127 Å². The molecule has 21 heavy (non-hydrogen) atoms. The third kappa shape index (κ3) is 2.37. The van der Waals surface area contributed by atoms with Crippen LogP contribution in [0.4, 0.5) is 0 Å². The van der Waals surface area contributed by atoms with Crippen LogP contribution >= 0.6 is 0 Å². The summed E-state index contributed by atoms with van der Waals surface area (Å²) >= 11 is 0. The molecule has 102 valence electrons. The summed E-state index contributed by atoms with van der Waals surface area (Å²) in [6.45, 7) is 4.22. The van der Waals surface area contributed by atoms with Crippen LogP contribution in [0.5, 0.6) is 0 Å². The summed E-state index contributed by atoms with van der Waals surface area (Å²) in [4.78, 5) is 0. The summed E-state index contributed by atoms with van der Waals surface area (Å²) in [7, 11) is -2.13. The van der Waals surface area contributed by atoms with Gasteiger partial charge in [0.2, 0.25) is 0 Å². The smallest absolute Gasteiger partial charge is 0.106 e. The zero-order chi connectivity index (χ0) is 14.5. The minimum absolute atomic E-state index is 1.37. The zero-order valence-corrected chi connectivity index (χ0v) is 12.9. The Morgan fingerprint density at radius 2 is 0.810 bits per heavy atom.